The van der Waals surface area contributed by atoms with E-state index in [-0.39, 0.29) is 11.2 Å². The molecule has 1 aliphatic rings. The molecule has 3 heterocycles. The molecule has 8 heteroatoms. The minimum absolute atomic E-state index is 0.251. The maximum Gasteiger partial charge on any atom is 0.332 e. The Balaban J connectivity index is 1.93. The van der Waals surface area contributed by atoms with Gasteiger partial charge in [-0.2, -0.15) is 4.98 Å². The van der Waals surface area contributed by atoms with Crippen molar-refractivity contribution in [2.24, 2.45) is 13.0 Å². The lowest BCUT2D eigenvalue weighted by Gasteiger charge is -2.33. The molecule has 1 aromatic carbocycles. The third-order valence-corrected chi connectivity index (χ3v) is 5.56. The van der Waals surface area contributed by atoms with Crippen molar-refractivity contribution in [2.45, 2.75) is 39.8 Å². The second kappa shape index (κ2) is 7.42. The van der Waals surface area contributed by atoms with Crippen LogP contribution in [-0.2, 0) is 20.1 Å². The number of fused-ring (bicyclic) bond motifs is 3. The van der Waals surface area contributed by atoms with Crippen molar-refractivity contribution in [3.05, 3.63) is 45.1 Å². The molecule has 2 aromatic heterocycles. The van der Waals surface area contributed by atoms with Gasteiger partial charge in [0.1, 0.15) is 5.75 Å². The molecule has 0 amide bonds. The number of rotatable bonds is 5. The highest BCUT2D eigenvalue weighted by molar-refractivity contribution is 5.77. The summed E-state index contributed by atoms with van der Waals surface area (Å²) in [6, 6.07) is 7.79. The number of benzene rings is 1. The number of nitrogens with zero attached hydrogens (tertiary/aromatic N) is 5. The van der Waals surface area contributed by atoms with E-state index in [2.05, 4.69) is 11.8 Å². The van der Waals surface area contributed by atoms with Crippen LogP contribution in [0, 0.1) is 5.92 Å². The van der Waals surface area contributed by atoms with Gasteiger partial charge in [0.2, 0.25) is 5.95 Å². The first kappa shape index (κ1) is 19.3. The van der Waals surface area contributed by atoms with Crippen LogP contribution in [0.2, 0.25) is 0 Å². The fraction of sp³-hybridized carbons (Fsp3) is 0.476. The fourth-order valence-electron chi connectivity index (χ4n) is 4.00. The van der Waals surface area contributed by atoms with E-state index in [9.17, 15) is 9.59 Å². The van der Waals surface area contributed by atoms with Crippen LogP contribution in [0.5, 0.6) is 5.75 Å². The number of unbranched alkanes of at least 4 members (excludes halogenated alkanes) is 1. The zero-order chi connectivity index (χ0) is 20.7. The summed E-state index contributed by atoms with van der Waals surface area (Å²) >= 11 is 0. The average Bonchev–Trinajstić information content (AvgIpc) is 3.11. The summed E-state index contributed by atoms with van der Waals surface area (Å²) in [5.74, 6) is 1.81. The maximum absolute atomic E-state index is 13.2. The SMILES string of the molecule is CCCCn1c(=O)c2c(nc3n2CC(C)CN3c2ccc(OC)cc2)n(C)c1=O. The molecule has 154 valence electrons. The Morgan fingerprint density at radius 2 is 1.90 bits per heavy atom. The molecule has 0 aliphatic carbocycles. The number of hydrogen-bond acceptors (Lipinski definition) is 5. The van der Waals surface area contributed by atoms with Gasteiger partial charge in [0.25, 0.3) is 5.56 Å². The van der Waals surface area contributed by atoms with Crippen LogP contribution in [0.15, 0.2) is 33.9 Å². The van der Waals surface area contributed by atoms with E-state index in [1.807, 2.05) is 35.8 Å². The molecule has 1 aliphatic heterocycles. The van der Waals surface area contributed by atoms with Crippen LogP contribution in [0.1, 0.15) is 26.7 Å². The molecular formula is C21H27N5O3. The summed E-state index contributed by atoms with van der Waals surface area (Å²) in [7, 11) is 3.33. The van der Waals surface area contributed by atoms with Gasteiger partial charge < -0.3 is 14.2 Å². The quantitative estimate of drug-likeness (QED) is 0.661. The summed E-state index contributed by atoms with van der Waals surface area (Å²) in [5, 5.41) is 0. The van der Waals surface area contributed by atoms with Crippen molar-refractivity contribution in [2.75, 3.05) is 18.6 Å². The summed E-state index contributed by atoms with van der Waals surface area (Å²) in [4.78, 5) is 32.8. The lowest BCUT2D eigenvalue weighted by Crippen LogP contribution is -2.40. The van der Waals surface area contributed by atoms with Crippen molar-refractivity contribution in [1.29, 1.82) is 0 Å². The van der Waals surface area contributed by atoms with Gasteiger partial charge in [-0.05, 0) is 36.6 Å². The van der Waals surface area contributed by atoms with Gasteiger partial charge in [-0.3, -0.25) is 13.9 Å². The zero-order valence-electron chi connectivity index (χ0n) is 17.4. The Bertz CT molecular complexity index is 1160. The summed E-state index contributed by atoms with van der Waals surface area (Å²) in [5.41, 5.74) is 1.36. The highest BCUT2D eigenvalue weighted by atomic mass is 16.5. The summed E-state index contributed by atoms with van der Waals surface area (Å²) < 4.78 is 10.1. The molecule has 0 saturated heterocycles. The van der Waals surface area contributed by atoms with E-state index in [0.717, 1.165) is 30.8 Å². The Morgan fingerprint density at radius 1 is 1.17 bits per heavy atom. The minimum atomic E-state index is -0.310. The monoisotopic (exact) mass is 397 g/mol. The largest absolute Gasteiger partial charge is 0.497 e. The first-order valence-corrected chi connectivity index (χ1v) is 10.1. The van der Waals surface area contributed by atoms with Gasteiger partial charge in [-0.15, -0.1) is 0 Å². The molecule has 4 rings (SSSR count). The molecule has 3 aromatic rings. The van der Waals surface area contributed by atoms with E-state index >= 15 is 0 Å². The van der Waals surface area contributed by atoms with Gasteiger partial charge in [0.05, 0.1) is 7.11 Å². The second-order valence-corrected chi connectivity index (χ2v) is 7.76. The predicted octanol–water partition coefficient (Wildman–Crippen LogP) is 2.49. The van der Waals surface area contributed by atoms with Crippen LogP contribution in [0.25, 0.3) is 11.2 Å². The van der Waals surface area contributed by atoms with Crippen LogP contribution < -0.4 is 20.9 Å². The van der Waals surface area contributed by atoms with Gasteiger partial charge >= 0.3 is 5.69 Å². The van der Waals surface area contributed by atoms with Gasteiger partial charge in [-0.25, -0.2) is 4.79 Å². The molecule has 0 saturated carbocycles. The minimum Gasteiger partial charge on any atom is -0.497 e. The van der Waals surface area contributed by atoms with Crippen LogP contribution in [-0.4, -0.2) is 32.3 Å². The topological polar surface area (TPSA) is 74.3 Å². The lowest BCUT2D eigenvalue weighted by molar-refractivity contribution is 0.414. The Kier molecular flexibility index (Phi) is 4.94. The predicted molar refractivity (Wildman–Crippen MR) is 113 cm³/mol. The third-order valence-electron chi connectivity index (χ3n) is 5.56. The maximum atomic E-state index is 13.2. The Hall–Kier alpha value is -3.03. The van der Waals surface area contributed by atoms with Gasteiger partial charge in [0.15, 0.2) is 11.2 Å². The smallest absolute Gasteiger partial charge is 0.332 e. The number of anilines is 2. The normalized spacial score (nSPS) is 16.3. The van der Waals surface area contributed by atoms with Gasteiger partial charge in [-0.1, -0.05) is 20.3 Å². The number of aryl methyl sites for hydroxylation is 1. The fourth-order valence-corrected chi connectivity index (χ4v) is 4.00. The molecule has 1 unspecified atom stereocenters. The Morgan fingerprint density at radius 3 is 2.55 bits per heavy atom. The number of hydrogen-bond donors (Lipinski definition) is 0. The van der Waals surface area contributed by atoms with E-state index in [1.165, 1.54) is 9.13 Å². The third kappa shape index (κ3) is 3.12. The molecule has 0 N–H and O–H groups in total. The molecule has 1 atom stereocenters. The van der Waals surface area contributed by atoms with Crippen molar-refractivity contribution >= 4 is 22.8 Å². The molecule has 0 fully saturated rings. The molecule has 0 bridgehead atoms. The van der Waals surface area contributed by atoms with E-state index < -0.39 is 0 Å². The van der Waals surface area contributed by atoms with Crippen molar-refractivity contribution < 1.29 is 4.74 Å². The zero-order valence-corrected chi connectivity index (χ0v) is 17.4. The van der Waals surface area contributed by atoms with Crippen molar-refractivity contribution in [3.63, 3.8) is 0 Å². The summed E-state index contributed by atoms with van der Waals surface area (Å²) in [6.07, 6.45) is 1.70. The van der Waals surface area contributed by atoms with Gasteiger partial charge in [0, 0.05) is 32.4 Å². The summed E-state index contributed by atoms with van der Waals surface area (Å²) in [6.45, 7) is 6.11. The average molecular weight is 397 g/mol. The van der Waals surface area contributed by atoms with Crippen LogP contribution in [0.4, 0.5) is 11.6 Å². The standard InChI is InChI=1S/C21H27N5O3/c1-5-6-11-24-19(27)17-18(23(3)21(24)28)22-20-25(12-14(2)13-26(17)20)15-7-9-16(29-4)10-8-15/h7-10,14H,5-6,11-13H2,1-4H3. The van der Waals surface area contributed by atoms with E-state index in [4.69, 9.17) is 9.72 Å². The highest BCUT2D eigenvalue weighted by Crippen LogP contribution is 2.33. The molecule has 29 heavy (non-hydrogen) atoms. The number of aromatic nitrogens is 4. The first-order valence-electron chi connectivity index (χ1n) is 10.1. The second-order valence-electron chi connectivity index (χ2n) is 7.76. The van der Waals surface area contributed by atoms with E-state index in [0.29, 0.717) is 36.1 Å². The van der Waals surface area contributed by atoms with Crippen LogP contribution in [0.3, 0.4) is 0 Å². The van der Waals surface area contributed by atoms with Crippen molar-refractivity contribution in [1.82, 2.24) is 18.7 Å². The number of imidazole rings is 1. The number of ether oxygens (including phenoxy) is 1. The molecule has 0 radical (unpaired) electrons. The Labute approximate surface area is 169 Å². The highest BCUT2D eigenvalue weighted by Gasteiger charge is 2.29. The molecule has 8 nitrogen and oxygen atoms in total. The van der Waals surface area contributed by atoms with Crippen molar-refractivity contribution in [3.8, 4) is 5.75 Å². The van der Waals surface area contributed by atoms with E-state index in [1.54, 1.807) is 14.2 Å². The first-order chi connectivity index (χ1) is 14.0. The number of methoxy groups -OCH3 is 1. The molecule has 0 spiro atoms. The lowest BCUT2D eigenvalue weighted by atomic mass is 10.1. The van der Waals surface area contributed by atoms with Crippen LogP contribution >= 0.6 is 0 Å². The molecular weight excluding hydrogens is 370 g/mol.